The van der Waals surface area contributed by atoms with Gasteiger partial charge in [0.05, 0.1) is 16.3 Å². The molecule has 0 aliphatic heterocycles. The lowest BCUT2D eigenvalue weighted by molar-refractivity contribution is 0.562. The number of benzene rings is 2. The number of hydrogen-bond acceptors (Lipinski definition) is 5. The predicted molar refractivity (Wildman–Crippen MR) is 160 cm³/mol. The van der Waals surface area contributed by atoms with Gasteiger partial charge in [-0.3, -0.25) is 19.2 Å². The van der Waals surface area contributed by atoms with Crippen molar-refractivity contribution in [3.05, 3.63) is 81.1 Å². The van der Waals surface area contributed by atoms with E-state index in [0.29, 0.717) is 29.1 Å². The molecule has 2 atom stereocenters. The molecule has 0 aliphatic rings. The van der Waals surface area contributed by atoms with Gasteiger partial charge in [0.25, 0.3) is 5.56 Å². The summed E-state index contributed by atoms with van der Waals surface area (Å²) < 4.78 is 16.7. The van der Waals surface area contributed by atoms with Gasteiger partial charge in [-0.15, -0.1) is 0 Å². The van der Waals surface area contributed by atoms with E-state index >= 15 is 4.39 Å². The van der Waals surface area contributed by atoms with Crippen LogP contribution in [0.1, 0.15) is 50.3 Å². The lowest BCUT2D eigenvalue weighted by Crippen LogP contribution is -2.24. The van der Waals surface area contributed by atoms with Gasteiger partial charge in [0.15, 0.2) is 11.8 Å². The molecule has 0 bridgehead atoms. The zero-order chi connectivity index (χ0) is 28.8. The van der Waals surface area contributed by atoms with E-state index in [2.05, 4.69) is 27.2 Å². The summed E-state index contributed by atoms with van der Waals surface area (Å²) in [6.07, 6.45) is 6.67. The van der Waals surface area contributed by atoms with Crippen molar-refractivity contribution in [3.63, 3.8) is 0 Å². The van der Waals surface area contributed by atoms with E-state index in [-0.39, 0.29) is 28.6 Å². The minimum atomic E-state index is -0.543. The number of aryl methyl sites for hydroxylation is 1. The fourth-order valence-corrected chi connectivity index (χ4v) is 4.81. The molecule has 4 rings (SSSR count). The number of aromatic amines is 1. The second kappa shape index (κ2) is 13.1. The Bertz CT molecular complexity index is 1540. The molecule has 2 aromatic carbocycles. The van der Waals surface area contributed by atoms with Crippen LogP contribution in [-0.2, 0) is 6.42 Å². The molecule has 0 aliphatic carbocycles. The highest BCUT2D eigenvalue weighted by molar-refractivity contribution is 6.31. The topological polar surface area (TPSA) is 153 Å². The Kier molecular flexibility index (Phi) is 9.57. The molecule has 0 spiro atoms. The third kappa shape index (κ3) is 7.26. The molecule has 0 unspecified atom stereocenters. The van der Waals surface area contributed by atoms with Crippen LogP contribution in [-0.4, -0.2) is 39.5 Å². The zero-order valence-corrected chi connectivity index (χ0v) is 23.5. The number of halogens is 2. The molecule has 0 saturated heterocycles. The molecule has 8 N–H and O–H groups in total. The highest BCUT2D eigenvalue weighted by Crippen LogP contribution is 2.30. The van der Waals surface area contributed by atoms with E-state index < -0.39 is 5.82 Å². The van der Waals surface area contributed by atoms with Gasteiger partial charge in [-0.25, -0.2) is 9.37 Å². The minimum absolute atomic E-state index is 0.0390. The summed E-state index contributed by atoms with van der Waals surface area (Å²) in [6.45, 7) is 5.37. The Balaban J connectivity index is 1.53. The maximum Gasteiger partial charge on any atom is 0.260 e. The highest BCUT2D eigenvalue weighted by atomic mass is 35.5. The van der Waals surface area contributed by atoms with Crippen molar-refractivity contribution >= 4 is 23.3 Å². The van der Waals surface area contributed by atoms with E-state index in [0.717, 1.165) is 48.9 Å². The quantitative estimate of drug-likeness (QED) is 0.0987. The van der Waals surface area contributed by atoms with E-state index in [9.17, 15) is 4.79 Å². The molecule has 40 heavy (non-hydrogen) atoms. The van der Waals surface area contributed by atoms with Gasteiger partial charge in [-0.2, -0.15) is 0 Å². The fourth-order valence-electron chi connectivity index (χ4n) is 4.57. The standard InChI is InChI=1S/C29H36ClFN8O/c1-17(32)5-3-6-19-13-22(26(31)24(30)14-19)25-16-39-15-23(27(40)38-29(39)37-25)21-9-7-20(8-10-21)18(2)35-11-4-12-36-28(33)34/h7-10,13-18,35H,3-6,11-12,32H2,1-2H3,(H4,33,34,36)(H,37,38,40)/t17-,18-/m0/s1. The first-order valence-corrected chi connectivity index (χ1v) is 13.7. The number of hydrogen-bond donors (Lipinski definition) is 5. The molecule has 2 aromatic heterocycles. The Hall–Kier alpha value is -3.73. The normalized spacial score (nSPS) is 12.9. The molecule has 11 heteroatoms. The molecule has 0 saturated carbocycles. The van der Waals surface area contributed by atoms with Crippen LogP contribution in [0, 0.1) is 5.82 Å². The molecular formula is C29H36ClFN8O. The summed E-state index contributed by atoms with van der Waals surface area (Å²) in [7, 11) is 0. The molecule has 9 nitrogen and oxygen atoms in total. The van der Waals surface area contributed by atoms with Gasteiger partial charge in [0.2, 0.25) is 5.78 Å². The van der Waals surface area contributed by atoms with Crippen LogP contribution in [0.4, 0.5) is 4.39 Å². The number of rotatable bonds is 12. The molecule has 0 radical (unpaired) electrons. The Labute approximate surface area is 237 Å². The van der Waals surface area contributed by atoms with Gasteiger partial charge in [-0.05, 0) is 74.9 Å². The molecule has 2 heterocycles. The van der Waals surface area contributed by atoms with Crippen LogP contribution in [0.25, 0.3) is 28.2 Å². The van der Waals surface area contributed by atoms with Crippen LogP contribution in [0.2, 0.25) is 5.02 Å². The van der Waals surface area contributed by atoms with E-state index in [1.54, 1.807) is 28.9 Å². The first kappa shape index (κ1) is 29.3. The van der Waals surface area contributed by atoms with E-state index in [4.69, 9.17) is 28.8 Å². The molecule has 212 valence electrons. The van der Waals surface area contributed by atoms with Gasteiger partial charge < -0.3 is 22.5 Å². The summed E-state index contributed by atoms with van der Waals surface area (Å²) in [5, 5.41) is 3.48. The van der Waals surface area contributed by atoms with Gasteiger partial charge in [0, 0.05) is 36.6 Å². The second-order valence-electron chi connectivity index (χ2n) is 10.1. The average Bonchev–Trinajstić information content (AvgIpc) is 3.32. The van der Waals surface area contributed by atoms with Crippen molar-refractivity contribution in [2.24, 2.45) is 22.2 Å². The number of guanidine groups is 1. The smallest absolute Gasteiger partial charge is 0.260 e. The SMILES string of the molecule is C[C@H](N)CCCc1cc(Cl)c(F)c(-c2cn3cc(-c4ccc([C@H](C)NCCCN=C(N)N)cc4)c(=O)[nH]c3n2)c1. The second-order valence-corrected chi connectivity index (χ2v) is 10.5. The molecule has 0 amide bonds. The fraction of sp³-hybridized carbons (Fsp3) is 0.345. The van der Waals surface area contributed by atoms with Gasteiger partial charge >= 0.3 is 0 Å². The first-order chi connectivity index (χ1) is 19.1. The van der Waals surface area contributed by atoms with Gasteiger partial charge in [-0.1, -0.05) is 35.9 Å². The minimum Gasteiger partial charge on any atom is -0.370 e. The summed E-state index contributed by atoms with van der Waals surface area (Å²) in [5.74, 6) is -0.131. The Morgan fingerprint density at radius 2 is 1.90 bits per heavy atom. The maximum atomic E-state index is 15.0. The highest BCUT2D eigenvalue weighted by Gasteiger charge is 2.16. The number of fused-ring (bicyclic) bond motifs is 1. The van der Waals surface area contributed by atoms with Gasteiger partial charge in [0.1, 0.15) is 0 Å². The van der Waals surface area contributed by atoms with E-state index in [1.165, 1.54) is 0 Å². The van der Waals surface area contributed by atoms with Crippen LogP contribution in [0.5, 0.6) is 0 Å². The lowest BCUT2D eigenvalue weighted by Gasteiger charge is -2.14. The Morgan fingerprint density at radius 1 is 1.15 bits per heavy atom. The summed E-state index contributed by atoms with van der Waals surface area (Å²) >= 11 is 6.22. The molecular weight excluding hydrogens is 531 g/mol. The lowest BCUT2D eigenvalue weighted by atomic mass is 10.0. The third-order valence-electron chi connectivity index (χ3n) is 6.76. The summed E-state index contributed by atoms with van der Waals surface area (Å²) in [4.78, 5) is 24.2. The van der Waals surface area contributed by atoms with Crippen molar-refractivity contribution in [2.75, 3.05) is 13.1 Å². The number of H-pyrrole nitrogens is 1. The monoisotopic (exact) mass is 566 g/mol. The number of nitrogens with zero attached hydrogens (tertiary/aromatic N) is 3. The third-order valence-corrected chi connectivity index (χ3v) is 7.04. The number of nitrogens with one attached hydrogen (secondary N) is 2. The van der Waals surface area contributed by atoms with Crippen molar-refractivity contribution in [1.29, 1.82) is 0 Å². The maximum absolute atomic E-state index is 15.0. The largest absolute Gasteiger partial charge is 0.370 e. The van der Waals surface area contributed by atoms with Crippen molar-refractivity contribution in [3.8, 4) is 22.4 Å². The van der Waals surface area contributed by atoms with Crippen LogP contribution in [0.3, 0.4) is 0 Å². The van der Waals surface area contributed by atoms with Crippen LogP contribution in [0.15, 0.2) is 58.6 Å². The number of nitrogens with two attached hydrogens (primary N) is 3. The van der Waals surface area contributed by atoms with Crippen molar-refractivity contribution < 1.29 is 4.39 Å². The van der Waals surface area contributed by atoms with Crippen LogP contribution >= 0.6 is 11.6 Å². The number of aliphatic imine (C=N–C) groups is 1. The summed E-state index contributed by atoms with van der Waals surface area (Å²) in [5.41, 5.74) is 20.2. The van der Waals surface area contributed by atoms with Crippen molar-refractivity contribution in [2.45, 2.75) is 51.6 Å². The number of imidazole rings is 1. The van der Waals surface area contributed by atoms with E-state index in [1.807, 2.05) is 31.2 Å². The van der Waals surface area contributed by atoms with Crippen LogP contribution < -0.4 is 28.1 Å². The predicted octanol–water partition coefficient (Wildman–Crippen LogP) is 4.13. The Morgan fingerprint density at radius 3 is 2.60 bits per heavy atom. The average molecular weight is 567 g/mol. The van der Waals surface area contributed by atoms with Crippen molar-refractivity contribution in [1.82, 2.24) is 19.7 Å². The summed E-state index contributed by atoms with van der Waals surface area (Å²) in [6, 6.07) is 11.4. The molecule has 4 aromatic rings. The molecule has 0 fully saturated rings. The first-order valence-electron chi connectivity index (χ1n) is 13.4. The zero-order valence-electron chi connectivity index (χ0n) is 22.8. The number of aromatic nitrogens is 3.